The molecule has 124 valence electrons. The first-order chi connectivity index (χ1) is 11.7. The number of rotatable bonds is 1. The minimum Gasteiger partial charge on any atom is -0.496 e. The molecule has 0 aromatic heterocycles. The Balaban J connectivity index is 0.00000100. The van der Waals surface area contributed by atoms with Crippen molar-refractivity contribution in [2.24, 2.45) is 0 Å². The fraction of sp³-hybridized carbons (Fsp3) is 0.190. The van der Waals surface area contributed by atoms with Crippen molar-refractivity contribution >= 4 is 11.9 Å². The first-order valence-electron chi connectivity index (χ1n) is 7.82. The molecule has 0 N–H and O–H groups in total. The zero-order chi connectivity index (χ0) is 17.5. The molecule has 3 nitrogen and oxygen atoms in total. The molecule has 0 fully saturated rings. The molecule has 0 amide bonds. The maximum absolute atomic E-state index is 12.9. The van der Waals surface area contributed by atoms with Crippen LogP contribution in [0.15, 0.2) is 61.7 Å². The number of ether oxygens (including phenoxy) is 2. The molecule has 1 aliphatic rings. The summed E-state index contributed by atoms with van der Waals surface area (Å²) in [6, 6.07) is 13.2. The Morgan fingerprint density at radius 3 is 2.62 bits per heavy atom. The number of fused-ring (bicyclic) bond motifs is 2. The number of hydrogen-bond donors (Lipinski definition) is 0. The van der Waals surface area contributed by atoms with Crippen LogP contribution in [-0.2, 0) is 0 Å². The summed E-state index contributed by atoms with van der Waals surface area (Å²) in [6.45, 7) is 8.34. The summed E-state index contributed by atoms with van der Waals surface area (Å²) in [4.78, 5) is 12.9. The van der Waals surface area contributed by atoms with Crippen LogP contribution in [-0.4, -0.2) is 19.5 Å². The Labute approximate surface area is 143 Å². The second kappa shape index (κ2) is 8.16. The van der Waals surface area contributed by atoms with E-state index in [9.17, 15) is 4.79 Å². The highest BCUT2D eigenvalue weighted by Crippen LogP contribution is 2.33. The number of benzene rings is 2. The lowest BCUT2D eigenvalue weighted by atomic mass is 9.88. The highest BCUT2D eigenvalue weighted by Gasteiger charge is 2.24. The van der Waals surface area contributed by atoms with Crippen molar-refractivity contribution < 1.29 is 14.3 Å². The third-order valence-electron chi connectivity index (χ3n) is 3.95. The third kappa shape index (κ3) is 3.40. The molecule has 2 aromatic carbocycles. The molecule has 3 heteroatoms. The smallest absolute Gasteiger partial charge is 0.173 e. The molecular weight excluding hydrogens is 300 g/mol. The van der Waals surface area contributed by atoms with Crippen molar-refractivity contribution in [3.63, 3.8) is 0 Å². The number of carbonyl (C=O) groups is 1. The first kappa shape index (κ1) is 17.5. The molecule has 24 heavy (non-hydrogen) atoms. The average Bonchev–Trinajstić information content (AvgIpc) is 2.65. The van der Waals surface area contributed by atoms with Crippen molar-refractivity contribution in [3.05, 3.63) is 78.4 Å². The molecule has 0 saturated heterocycles. The van der Waals surface area contributed by atoms with Crippen LogP contribution in [0.25, 0.3) is 6.08 Å². The summed E-state index contributed by atoms with van der Waals surface area (Å²) in [5, 5.41) is 0. The highest BCUT2D eigenvalue weighted by molar-refractivity contribution is 6.03. The van der Waals surface area contributed by atoms with E-state index in [2.05, 4.69) is 13.2 Å². The molecule has 0 bridgehead atoms. The largest absolute Gasteiger partial charge is 0.496 e. The topological polar surface area (TPSA) is 35.5 Å². The van der Waals surface area contributed by atoms with E-state index in [0.717, 1.165) is 16.9 Å². The van der Waals surface area contributed by atoms with Crippen LogP contribution in [0.1, 0.15) is 34.3 Å². The maximum Gasteiger partial charge on any atom is 0.173 e. The summed E-state index contributed by atoms with van der Waals surface area (Å²) >= 11 is 0. The lowest BCUT2D eigenvalue weighted by Gasteiger charge is -2.19. The summed E-state index contributed by atoms with van der Waals surface area (Å²) in [5.41, 5.74) is 2.53. The second-order valence-corrected chi connectivity index (χ2v) is 5.26. The molecular formula is C21H22O3. The van der Waals surface area contributed by atoms with Crippen LogP contribution in [0, 0.1) is 0 Å². The SMILES string of the molecule is C=C.COc1cccc2c1/C=C\COc1ccccc1C(=O)C2C. The van der Waals surface area contributed by atoms with Gasteiger partial charge in [0.15, 0.2) is 5.78 Å². The molecule has 0 saturated carbocycles. The Kier molecular flexibility index (Phi) is 5.96. The number of methoxy groups -OCH3 is 1. The highest BCUT2D eigenvalue weighted by atomic mass is 16.5. The monoisotopic (exact) mass is 322 g/mol. The van der Waals surface area contributed by atoms with Crippen LogP contribution in [0.5, 0.6) is 11.5 Å². The van der Waals surface area contributed by atoms with Crippen LogP contribution < -0.4 is 9.47 Å². The standard InChI is InChI=1S/C19H18O3.C2H4/c1-13-14-8-5-11-17(21-2)15(14)9-6-12-22-18-10-4-3-7-16(18)19(13)20;1-2/h3-11,13H,12H2,1-2H3;1-2H2/b9-6-;. The van der Waals surface area contributed by atoms with Crippen LogP contribution in [0.3, 0.4) is 0 Å². The van der Waals surface area contributed by atoms with Gasteiger partial charge < -0.3 is 9.47 Å². The summed E-state index contributed by atoms with van der Waals surface area (Å²) in [7, 11) is 1.64. The van der Waals surface area contributed by atoms with Gasteiger partial charge in [-0.15, -0.1) is 13.2 Å². The summed E-state index contributed by atoms with van der Waals surface area (Å²) in [5.74, 6) is 1.19. The van der Waals surface area contributed by atoms with Crippen LogP contribution in [0.2, 0.25) is 0 Å². The van der Waals surface area contributed by atoms with E-state index in [4.69, 9.17) is 9.47 Å². The van der Waals surface area contributed by atoms with Crippen LogP contribution >= 0.6 is 0 Å². The maximum atomic E-state index is 12.9. The predicted octanol–water partition coefficient (Wildman–Crippen LogP) is 4.89. The summed E-state index contributed by atoms with van der Waals surface area (Å²) < 4.78 is 11.2. The van der Waals surface area contributed by atoms with E-state index in [0.29, 0.717) is 17.9 Å². The van der Waals surface area contributed by atoms with Crippen molar-refractivity contribution in [2.75, 3.05) is 13.7 Å². The van der Waals surface area contributed by atoms with Gasteiger partial charge in [-0.3, -0.25) is 4.79 Å². The zero-order valence-electron chi connectivity index (χ0n) is 14.1. The van der Waals surface area contributed by atoms with E-state index in [1.165, 1.54) is 0 Å². The Bertz CT molecular complexity index is 746. The molecule has 1 unspecified atom stereocenters. The number of para-hydroxylation sites is 1. The van der Waals surface area contributed by atoms with E-state index < -0.39 is 0 Å². The number of Topliss-reactive ketones (excluding diaryl/α,β-unsaturated/α-hetero) is 1. The van der Waals surface area contributed by atoms with Crippen molar-refractivity contribution in [1.82, 2.24) is 0 Å². The van der Waals surface area contributed by atoms with Crippen molar-refractivity contribution in [3.8, 4) is 11.5 Å². The van der Waals surface area contributed by atoms with E-state index >= 15 is 0 Å². The number of ketones is 1. The Morgan fingerprint density at radius 1 is 1.12 bits per heavy atom. The van der Waals surface area contributed by atoms with Gasteiger partial charge in [-0.05, 0) is 29.8 Å². The molecule has 1 atom stereocenters. The molecule has 3 rings (SSSR count). The predicted molar refractivity (Wildman–Crippen MR) is 98.0 cm³/mol. The second-order valence-electron chi connectivity index (χ2n) is 5.26. The lowest BCUT2D eigenvalue weighted by molar-refractivity contribution is 0.0962. The van der Waals surface area contributed by atoms with Gasteiger partial charge >= 0.3 is 0 Å². The molecule has 1 aliphatic heterocycles. The zero-order valence-corrected chi connectivity index (χ0v) is 14.1. The van der Waals surface area contributed by atoms with Gasteiger partial charge in [0, 0.05) is 11.5 Å². The van der Waals surface area contributed by atoms with E-state index in [1.807, 2.05) is 61.5 Å². The minimum absolute atomic E-state index is 0.0559. The van der Waals surface area contributed by atoms with Crippen LogP contribution in [0.4, 0.5) is 0 Å². The Morgan fingerprint density at radius 2 is 1.88 bits per heavy atom. The quantitative estimate of drug-likeness (QED) is 0.701. The van der Waals surface area contributed by atoms with Crippen molar-refractivity contribution in [1.29, 1.82) is 0 Å². The van der Waals surface area contributed by atoms with E-state index in [-0.39, 0.29) is 11.7 Å². The normalized spacial score (nSPS) is 17.2. The first-order valence-corrected chi connectivity index (χ1v) is 7.82. The minimum atomic E-state index is -0.266. The fourth-order valence-electron chi connectivity index (χ4n) is 2.77. The number of hydrogen-bond acceptors (Lipinski definition) is 3. The van der Waals surface area contributed by atoms with Gasteiger partial charge in [0.25, 0.3) is 0 Å². The molecule has 1 heterocycles. The molecule has 0 radical (unpaired) electrons. The van der Waals surface area contributed by atoms with E-state index in [1.54, 1.807) is 7.11 Å². The number of carbonyl (C=O) groups excluding carboxylic acids is 1. The van der Waals surface area contributed by atoms with Gasteiger partial charge in [0.2, 0.25) is 0 Å². The molecule has 2 aromatic rings. The lowest BCUT2D eigenvalue weighted by Crippen LogP contribution is -2.14. The Hall–Kier alpha value is -2.81. The molecule has 0 spiro atoms. The van der Waals surface area contributed by atoms with Gasteiger partial charge in [-0.2, -0.15) is 0 Å². The molecule has 0 aliphatic carbocycles. The van der Waals surface area contributed by atoms with Crippen molar-refractivity contribution in [2.45, 2.75) is 12.8 Å². The van der Waals surface area contributed by atoms with Gasteiger partial charge in [0.05, 0.1) is 12.7 Å². The summed E-state index contributed by atoms with van der Waals surface area (Å²) in [6.07, 6.45) is 3.91. The van der Waals surface area contributed by atoms with Gasteiger partial charge in [-0.25, -0.2) is 0 Å². The average molecular weight is 322 g/mol. The van der Waals surface area contributed by atoms with Gasteiger partial charge in [-0.1, -0.05) is 37.3 Å². The fourth-order valence-corrected chi connectivity index (χ4v) is 2.77. The third-order valence-corrected chi connectivity index (χ3v) is 3.95. The van der Waals surface area contributed by atoms with Gasteiger partial charge in [0.1, 0.15) is 18.1 Å².